The highest BCUT2D eigenvalue weighted by Gasteiger charge is 2.11. The minimum Gasteiger partial charge on any atom is -0.484 e. The highest BCUT2D eigenvalue weighted by Crippen LogP contribution is 2.14. The van der Waals surface area contributed by atoms with E-state index in [-0.39, 0.29) is 12.2 Å². The smallest absolute Gasteiger partial charge is 0.338 e. The van der Waals surface area contributed by atoms with Crippen molar-refractivity contribution >= 4 is 23.5 Å². The molecule has 2 aromatic carbocycles. The first kappa shape index (κ1) is 19.0. The molecule has 2 amide bonds. The molecule has 0 aliphatic carbocycles. The summed E-state index contributed by atoms with van der Waals surface area (Å²) in [7, 11) is 0. The standard InChI is InChI=1S/C19H20N2O5/c1-12-7-13(2)9-15(8-12)21-18(23)11-26-19(24)14-3-5-16(6-4-14)25-10-17(20)22/h3-9H,10-11H2,1-2H3,(H2,20,22)(H,21,23). The van der Waals surface area contributed by atoms with Crippen LogP contribution in [0.3, 0.4) is 0 Å². The molecule has 0 atom stereocenters. The summed E-state index contributed by atoms with van der Waals surface area (Å²) in [6, 6.07) is 11.6. The van der Waals surface area contributed by atoms with E-state index in [0.29, 0.717) is 11.4 Å². The summed E-state index contributed by atoms with van der Waals surface area (Å²) in [5.41, 5.74) is 7.94. The van der Waals surface area contributed by atoms with Crippen LogP contribution >= 0.6 is 0 Å². The van der Waals surface area contributed by atoms with E-state index >= 15 is 0 Å². The summed E-state index contributed by atoms with van der Waals surface area (Å²) in [5, 5.41) is 2.69. The molecule has 26 heavy (non-hydrogen) atoms. The average molecular weight is 356 g/mol. The summed E-state index contributed by atoms with van der Waals surface area (Å²) < 4.78 is 10.1. The van der Waals surface area contributed by atoms with E-state index in [2.05, 4.69) is 5.32 Å². The lowest BCUT2D eigenvalue weighted by Crippen LogP contribution is -2.21. The molecule has 7 nitrogen and oxygen atoms in total. The summed E-state index contributed by atoms with van der Waals surface area (Å²) >= 11 is 0. The van der Waals surface area contributed by atoms with E-state index in [1.807, 2.05) is 32.0 Å². The Morgan fingerprint density at radius 1 is 0.962 bits per heavy atom. The first-order valence-corrected chi connectivity index (χ1v) is 7.90. The number of anilines is 1. The molecule has 0 saturated heterocycles. The lowest BCUT2D eigenvalue weighted by molar-refractivity contribution is -0.120. The van der Waals surface area contributed by atoms with Gasteiger partial charge in [-0.05, 0) is 61.4 Å². The van der Waals surface area contributed by atoms with Gasteiger partial charge in [0.15, 0.2) is 13.2 Å². The van der Waals surface area contributed by atoms with E-state index in [9.17, 15) is 14.4 Å². The van der Waals surface area contributed by atoms with Crippen molar-refractivity contribution in [3.8, 4) is 5.75 Å². The number of carbonyl (C=O) groups is 3. The number of primary amides is 1. The fraction of sp³-hybridized carbons (Fsp3) is 0.211. The molecular formula is C19H20N2O5. The summed E-state index contributed by atoms with van der Waals surface area (Å²) in [5.74, 6) is -1.26. The molecule has 0 heterocycles. The second kappa shape index (κ2) is 8.66. The van der Waals surface area contributed by atoms with E-state index in [1.165, 1.54) is 24.3 Å². The van der Waals surface area contributed by atoms with Crippen molar-refractivity contribution in [2.45, 2.75) is 13.8 Å². The van der Waals surface area contributed by atoms with Crippen molar-refractivity contribution in [1.82, 2.24) is 0 Å². The van der Waals surface area contributed by atoms with Crippen LogP contribution in [-0.2, 0) is 14.3 Å². The summed E-state index contributed by atoms with van der Waals surface area (Å²) in [4.78, 5) is 34.5. The molecule has 2 rings (SSSR count). The Kier molecular flexibility index (Phi) is 6.32. The fourth-order valence-corrected chi connectivity index (χ4v) is 2.30. The van der Waals surface area contributed by atoms with Gasteiger partial charge in [0.1, 0.15) is 5.75 Å². The third-order valence-electron chi connectivity index (χ3n) is 3.31. The number of hydrogen-bond acceptors (Lipinski definition) is 5. The zero-order valence-corrected chi connectivity index (χ0v) is 14.6. The first-order chi connectivity index (χ1) is 12.3. The van der Waals surface area contributed by atoms with Gasteiger partial charge in [-0.25, -0.2) is 4.79 Å². The lowest BCUT2D eigenvalue weighted by atomic mass is 10.1. The fourth-order valence-electron chi connectivity index (χ4n) is 2.30. The van der Waals surface area contributed by atoms with Gasteiger partial charge in [0.25, 0.3) is 11.8 Å². The van der Waals surface area contributed by atoms with Gasteiger partial charge < -0.3 is 20.5 Å². The second-order valence-electron chi connectivity index (χ2n) is 5.78. The largest absolute Gasteiger partial charge is 0.484 e. The van der Waals surface area contributed by atoms with Crippen molar-refractivity contribution in [3.63, 3.8) is 0 Å². The maximum absolute atomic E-state index is 12.0. The van der Waals surface area contributed by atoms with Crippen LogP contribution in [0, 0.1) is 13.8 Å². The highest BCUT2D eigenvalue weighted by atomic mass is 16.5. The van der Waals surface area contributed by atoms with Gasteiger partial charge in [-0.1, -0.05) is 6.07 Å². The molecule has 2 aromatic rings. The number of carbonyl (C=O) groups excluding carboxylic acids is 3. The quantitative estimate of drug-likeness (QED) is 0.738. The molecule has 0 fully saturated rings. The average Bonchev–Trinajstić information content (AvgIpc) is 2.57. The molecule has 0 aromatic heterocycles. The van der Waals surface area contributed by atoms with Gasteiger partial charge in [-0.15, -0.1) is 0 Å². The van der Waals surface area contributed by atoms with Gasteiger partial charge in [-0.3, -0.25) is 9.59 Å². The number of ether oxygens (including phenoxy) is 2. The molecule has 0 spiro atoms. The third-order valence-corrected chi connectivity index (χ3v) is 3.31. The Labute approximate surface area is 151 Å². The Morgan fingerprint density at radius 2 is 1.58 bits per heavy atom. The number of hydrogen-bond donors (Lipinski definition) is 2. The van der Waals surface area contributed by atoms with Crippen molar-refractivity contribution in [2.75, 3.05) is 18.5 Å². The third kappa shape index (κ3) is 5.94. The van der Waals surface area contributed by atoms with E-state index in [1.54, 1.807) is 0 Å². The molecule has 0 aliphatic rings. The first-order valence-electron chi connectivity index (χ1n) is 7.90. The van der Waals surface area contributed by atoms with Crippen LogP contribution in [0.1, 0.15) is 21.5 Å². The van der Waals surface area contributed by atoms with Gasteiger partial charge in [-0.2, -0.15) is 0 Å². The molecule has 0 aliphatic heterocycles. The van der Waals surface area contributed by atoms with Crippen molar-refractivity contribution in [2.24, 2.45) is 5.73 Å². The van der Waals surface area contributed by atoms with Crippen molar-refractivity contribution in [3.05, 3.63) is 59.2 Å². The SMILES string of the molecule is Cc1cc(C)cc(NC(=O)COC(=O)c2ccc(OCC(N)=O)cc2)c1. The van der Waals surface area contributed by atoms with Crippen LogP contribution in [0.5, 0.6) is 5.75 Å². The van der Waals surface area contributed by atoms with E-state index < -0.39 is 24.4 Å². The van der Waals surface area contributed by atoms with Crippen LogP contribution in [-0.4, -0.2) is 31.0 Å². The van der Waals surface area contributed by atoms with Gasteiger partial charge in [0.05, 0.1) is 5.56 Å². The predicted molar refractivity (Wildman–Crippen MR) is 96.0 cm³/mol. The van der Waals surface area contributed by atoms with E-state index in [4.69, 9.17) is 15.2 Å². The molecule has 0 unspecified atom stereocenters. The molecular weight excluding hydrogens is 336 g/mol. The van der Waals surface area contributed by atoms with Crippen LogP contribution in [0.25, 0.3) is 0 Å². The minimum absolute atomic E-state index is 0.248. The Morgan fingerprint density at radius 3 is 2.15 bits per heavy atom. The number of aryl methyl sites for hydroxylation is 2. The van der Waals surface area contributed by atoms with Crippen LogP contribution in [0.4, 0.5) is 5.69 Å². The lowest BCUT2D eigenvalue weighted by Gasteiger charge is -2.09. The molecule has 136 valence electrons. The molecule has 0 radical (unpaired) electrons. The van der Waals surface area contributed by atoms with Crippen LogP contribution in [0.2, 0.25) is 0 Å². The predicted octanol–water partition coefficient (Wildman–Crippen LogP) is 1.96. The zero-order valence-electron chi connectivity index (χ0n) is 14.6. The minimum atomic E-state index is -0.637. The number of rotatable bonds is 7. The highest BCUT2D eigenvalue weighted by molar-refractivity contribution is 5.95. The number of esters is 1. The van der Waals surface area contributed by atoms with Crippen LogP contribution in [0.15, 0.2) is 42.5 Å². The number of nitrogens with one attached hydrogen (secondary N) is 1. The van der Waals surface area contributed by atoms with Gasteiger partial charge >= 0.3 is 5.97 Å². The Hall–Kier alpha value is -3.35. The zero-order chi connectivity index (χ0) is 19.1. The summed E-state index contributed by atoms with van der Waals surface area (Å²) in [6.45, 7) is 3.22. The normalized spacial score (nSPS) is 10.1. The maximum atomic E-state index is 12.0. The number of amides is 2. The molecule has 7 heteroatoms. The Bertz CT molecular complexity index is 795. The molecule has 0 saturated carbocycles. The second-order valence-corrected chi connectivity index (χ2v) is 5.78. The number of benzene rings is 2. The molecule has 3 N–H and O–H groups in total. The maximum Gasteiger partial charge on any atom is 0.338 e. The van der Waals surface area contributed by atoms with Gasteiger partial charge in [0, 0.05) is 5.69 Å². The van der Waals surface area contributed by atoms with Crippen LogP contribution < -0.4 is 15.8 Å². The topological polar surface area (TPSA) is 108 Å². The molecule has 0 bridgehead atoms. The summed E-state index contributed by atoms with van der Waals surface area (Å²) in [6.07, 6.45) is 0. The monoisotopic (exact) mass is 356 g/mol. The van der Waals surface area contributed by atoms with Gasteiger partial charge in [0.2, 0.25) is 0 Å². The van der Waals surface area contributed by atoms with Crippen molar-refractivity contribution < 1.29 is 23.9 Å². The van der Waals surface area contributed by atoms with Crippen molar-refractivity contribution in [1.29, 1.82) is 0 Å². The number of nitrogens with two attached hydrogens (primary N) is 1. The Balaban J connectivity index is 1.85. The van der Waals surface area contributed by atoms with E-state index in [0.717, 1.165) is 11.1 Å².